The molecule has 0 saturated heterocycles. The van der Waals surface area contributed by atoms with E-state index in [-0.39, 0.29) is 22.5 Å². The van der Waals surface area contributed by atoms with Crippen LogP contribution in [0, 0.1) is 0 Å². The molecule has 0 unspecified atom stereocenters. The van der Waals surface area contributed by atoms with Crippen molar-refractivity contribution in [3.05, 3.63) is 180 Å². The second kappa shape index (κ2) is 16.7. The van der Waals surface area contributed by atoms with E-state index >= 15 is 0 Å². The van der Waals surface area contributed by atoms with Crippen LogP contribution in [0.1, 0.15) is 41.7 Å². The van der Waals surface area contributed by atoms with Gasteiger partial charge in [0.2, 0.25) is 0 Å². The Balaban J connectivity index is 0.00000469. The van der Waals surface area contributed by atoms with Crippen molar-refractivity contribution in [2.24, 2.45) is 0 Å². The third kappa shape index (κ3) is 7.65. The van der Waals surface area contributed by atoms with E-state index in [2.05, 4.69) is 162 Å². The molecule has 2 aliphatic rings. The van der Waals surface area contributed by atoms with Crippen LogP contribution in [0.25, 0.3) is 90.9 Å². The Morgan fingerprint density at radius 3 is 1.21 bits per heavy atom. The third-order valence-electron chi connectivity index (χ3n) is 10.4. The van der Waals surface area contributed by atoms with Crippen LogP contribution in [0.2, 0.25) is 0 Å². The van der Waals surface area contributed by atoms with Crippen molar-refractivity contribution >= 4 is 52.3 Å². The van der Waals surface area contributed by atoms with Crippen molar-refractivity contribution in [1.82, 2.24) is 19.9 Å². The normalized spacial score (nSPS) is 11.6. The maximum absolute atomic E-state index is 11.9. The third-order valence-corrected chi connectivity index (χ3v) is 10.4. The Hall–Kier alpha value is -6.82. The van der Waals surface area contributed by atoms with E-state index in [1.165, 1.54) is 0 Å². The Bertz CT molecular complexity index is 2840. The second-order valence-electron chi connectivity index (χ2n) is 14.3. The average Bonchev–Trinajstić information content (AvgIpc) is 4.09. The number of rotatable bonds is 9. The summed E-state index contributed by atoms with van der Waals surface area (Å²) in [6, 6.07) is 48.6. The van der Waals surface area contributed by atoms with Gasteiger partial charge in [0.15, 0.2) is 0 Å². The molecule has 7 aromatic rings. The van der Waals surface area contributed by atoms with Crippen LogP contribution in [-0.4, -0.2) is 32.5 Å². The smallest absolute Gasteiger partial charge is 0.333 e. The predicted octanol–water partition coefficient (Wildman–Crippen LogP) is 12.4. The molecule has 2 aliphatic heterocycles. The number of fused-ring (bicyclic) bond motifs is 8. The van der Waals surface area contributed by atoms with Gasteiger partial charge in [0.05, 0.1) is 29.4 Å². The second-order valence-corrected chi connectivity index (χ2v) is 14.3. The van der Waals surface area contributed by atoms with Gasteiger partial charge >= 0.3 is 5.97 Å². The first kappa shape index (κ1) is 38.1. The zero-order valence-electron chi connectivity index (χ0n) is 31.9. The molecule has 0 amide bonds. The van der Waals surface area contributed by atoms with Gasteiger partial charge in [0, 0.05) is 66.4 Å². The first-order chi connectivity index (χ1) is 28.0. The van der Waals surface area contributed by atoms with E-state index in [4.69, 9.17) is 14.7 Å². The number of carbonyl (C=O) groups is 1. The minimum atomic E-state index is -0.351. The van der Waals surface area contributed by atoms with Crippen LogP contribution in [0.4, 0.5) is 0 Å². The molecule has 0 saturated carbocycles. The van der Waals surface area contributed by atoms with Gasteiger partial charge in [-0.05, 0) is 96.2 Å². The fourth-order valence-electron chi connectivity index (χ4n) is 7.64. The molecule has 8 bridgehead atoms. The number of hydrogen-bond acceptors (Lipinski definition) is 4. The van der Waals surface area contributed by atoms with Crippen LogP contribution in [0.3, 0.4) is 0 Å². The van der Waals surface area contributed by atoms with Gasteiger partial charge in [0.25, 0.3) is 0 Å². The van der Waals surface area contributed by atoms with Crippen molar-refractivity contribution < 1.29 is 26.0 Å². The Morgan fingerprint density at radius 1 is 0.517 bits per heavy atom. The number of ether oxygens (including phenoxy) is 1. The van der Waals surface area contributed by atoms with Gasteiger partial charge in [0.1, 0.15) is 0 Å². The maximum atomic E-state index is 11.9. The number of aromatic nitrogens is 4. The van der Waals surface area contributed by atoms with Gasteiger partial charge in [-0.15, -0.1) is 0 Å². The van der Waals surface area contributed by atoms with E-state index in [0.717, 1.165) is 108 Å². The van der Waals surface area contributed by atoms with E-state index in [1.54, 1.807) is 6.92 Å². The molecule has 5 heterocycles. The summed E-state index contributed by atoms with van der Waals surface area (Å²) in [6.45, 7) is 5.69. The molecule has 4 aromatic carbocycles. The number of nitrogens with one attached hydrogen (secondary N) is 2. The maximum Gasteiger partial charge on any atom is 0.333 e. The van der Waals surface area contributed by atoms with Crippen LogP contribution < -0.4 is 0 Å². The van der Waals surface area contributed by atoms with Crippen LogP contribution in [0.15, 0.2) is 152 Å². The molecule has 9 rings (SSSR count). The molecule has 7 heteroatoms. The first-order valence-electron chi connectivity index (χ1n) is 19.2. The summed E-state index contributed by atoms with van der Waals surface area (Å²) in [7, 11) is 0. The van der Waals surface area contributed by atoms with E-state index < -0.39 is 0 Å². The summed E-state index contributed by atoms with van der Waals surface area (Å²) >= 11 is 0. The van der Waals surface area contributed by atoms with Crippen LogP contribution in [-0.2, 0) is 32.4 Å². The molecule has 0 atom stereocenters. The Labute approximate surface area is 347 Å². The molecule has 2 N–H and O–H groups in total. The molecule has 286 valence electrons. The van der Waals surface area contributed by atoms with Crippen molar-refractivity contribution in [2.45, 2.75) is 19.8 Å². The zero-order chi connectivity index (χ0) is 38.7. The first-order valence-corrected chi connectivity index (χ1v) is 19.2. The molecule has 0 radical (unpaired) electrons. The number of benzene rings is 4. The average molecular weight is 800 g/mol. The number of esters is 1. The number of nitrogens with zero attached hydrogens (tertiary/aromatic N) is 2. The molecule has 6 nitrogen and oxygen atoms in total. The summed E-state index contributed by atoms with van der Waals surface area (Å²) in [4.78, 5) is 30.3. The molecular formula is C51H40N4NiO2. The Morgan fingerprint density at radius 2 is 0.862 bits per heavy atom. The summed E-state index contributed by atoms with van der Waals surface area (Å²) in [5.41, 5.74) is 17.2. The SMILES string of the molecule is C=C(C)C(=O)OCCCc1ccc(-c2c3nc(c(-c4ccccc4)c4ccc([nH]4)c(-c4ccccc4)c4nc(c(-c5ccccc5)c5ccc2[nH]5)C=C4)C=C3)cc1.[Ni]. The van der Waals surface area contributed by atoms with Crippen molar-refractivity contribution in [2.75, 3.05) is 6.61 Å². The number of carbonyl (C=O) groups excluding carboxylic acids is 1. The predicted molar refractivity (Wildman–Crippen MR) is 235 cm³/mol. The monoisotopic (exact) mass is 798 g/mol. The summed E-state index contributed by atoms with van der Waals surface area (Å²) in [6.07, 6.45) is 9.99. The number of H-pyrrole nitrogens is 2. The number of aromatic amines is 2. The number of aryl methyl sites for hydroxylation is 1. The fourth-order valence-corrected chi connectivity index (χ4v) is 7.64. The van der Waals surface area contributed by atoms with E-state index in [0.29, 0.717) is 12.2 Å². The molecule has 0 spiro atoms. The van der Waals surface area contributed by atoms with Gasteiger partial charge in [-0.25, -0.2) is 14.8 Å². The largest absolute Gasteiger partial charge is 0.462 e. The topological polar surface area (TPSA) is 83.7 Å². The fraction of sp³-hybridized carbons (Fsp3) is 0.0784. The minimum Gasteiger partial charge on any atom is -0.462 e. The van der Waals surface area contributed by atoms with Gasteiger partial charge in [-0.2, -0.15) is 0 Å². The molecule has 3 aromatic heterocycles. The summed E-state index contributed by atoms with van der Waals surface area (Å²) in [5, 5.41) is 0. The molecule has 0 aliphatic carbocycles. The number of hydrogen-bond donors (Lipinski definition) is 2. The van der Waals surface area contributed by atoms with Crippen molar-refractivity contribution in [3.8, 4) is 44.5 Å². The van der Waals surface area contributed by atoms with E-state index in [9.17, 15) is 4.79 Å². The van der Waals surface area contributed by atoms with Gasteiger partial charge in [-0.1, -0.05) is 122 Å². The quantitative estimate of drug-likeness (QED) is 0.0659. The van der Waals surface area contributed by atoms with Crippen LogP contribution >= 0.6 is 0 Å². The van der Waals surface area contributed by atoms with Crippen molar-refractivity contribution in [3.63, 3.8) is 0 Å². The minimum absolute atomic E-state index is 0. The van der Waals surface area contributed by atoms with Crippen molar-refractivity contribution in [1.29, 1.82) is 0 Å². The van der Waals surface area contributed by atoms with Gasteiger partial charge in [-0.3, -0.25) is 0 Å². The molecule has 0 fully saturated rings. The molecule has 58 heavy (non-hydrogen) atoms. The zero-order valence-corrected chi connectivity index (χ0v) is 32.9. The van der Waals surface area contributed by atoms with Gasteiger partial charge < -0.3 is 14.7 Å². The van der Waals surface area contributed by atoms with E-state index in [1.807, 2.05) is 18.2 Å². The summed E-state index contributed by atoms with van der Waals surface area (Å²) < 4.78 is 5.33. The van der Waals surface area contributed by atoms with Crippen LogP contribution in [0.5, 0.6) is 0 Å². The molecular weight excluding hydrogens is 759 g/mol. The summed E-state index contributed by atoms with van der Waals surface area (Å²) in [5.74, 6) is -0.351. The standard InChI is InChI=1S/C51H40N4O2.Ni/c1-33(2)51(56)57-32-12-13-34-20-22-38(23-21-34)50-45-30-28-43(54-45)48(36-16-8-4-9-17-36)41-26-24-39(52-41)47(35-14-6-3-7-15-35)40-25-27-42(53-40)49(37-18-10-5-11-19-37)44-29-31-46(50)55-44;/h3-11,14-31,52,55H,1,12-13,32H2,2H3;. The Kier molecular flexibility index (Phi) is 11.0.